The Labute approximate surface area is 257 Å². The Morgan fingerprint density at radius 2 is 1.56 bits per heavy atom. The molecule has 4 aromatic rings. The molecule has 0 saturated heterocycles. The quantitative estimate of drug-likeness (QED) is 0.123. The number of hydrogen-bond acceptors (Lipinski definition) is 10. The third-order valence-corrected chi connectivity index (χ3v) is 8.22. The lowest BCUT2D eigenvalue weighted by Crippen LogP contribution is -2.39. The maximum absolute atomic E-state index is 13.6. The average molecular weight is 634 g/mol. The number of rotatable bonds is 13. The van der Waals surface area contributed by atoms with E-state index in [1.165, 1.54) is 68.8 Å². The van der Waals surface area contributed by atoms with Crippen LogP contribution in [-0.2, 0) is 21.4 Å². The lowest BCUT2D eigenvalue weighted by atomic mass is 10.2. The van der Waals surface area contributed by atoms with E-state index in [1.807, 2.05) is 0 Å². The molecule has 0 atom stereocenters. The van der Waals surface area contributed by atoms with Crippen molar-refractivity contribution in [2.24, 2.45) is 5.10 Å². The molecule has 0 aliphatic heterocycles. The Hall–Kier alpha value is -5.83. The van der Waals surface area contributed by atoms with Gasteiger partial charge >= 0.3 is 0 Å². The minimum atomic E-state index is -4.42. The van der Waals surface area contributed by atoms with Crippen LogP contribution in [0.3, 0.4) is 0 Å². The van der Waals surface area contributed by atoms with Crippen molar-refractivity contribution in [3.63, 3.8) is 0 Å². The summed E-state index contributed by atoms with van der Waals surface area (Å²) in [6, 6.07) is 22.2. The van der Waals surface area contributed by atoms with Crippen LogP contribution in [0.1, 0.15) is 16.7 Å². The second-order valence-corrected chi connectivity index (χ2v) is 11.4. The number of nitrogens with one attached hydrogen (secondary N) is 1. The van der Waals surface area contributed by atoms with Crippen LogP contribution in [-0.4, -0.2) is 44.0 Å². The van der Waals surface area contributed by atoms with Crippen LogP contribution in [0.2, 0.25) is 0 Å². The van der Waals surface area contributed by atoms with E-state index in [0.29, 0.717) is 17.1 Å². The Morgan fingerprint density at radius 3 is 2.16 bits per heavy atom. The number of anilines is 1. The summed E-state index contributed by atoms with van der Waals surface area (Å²) >= 11 is 0. The van der Waals surface area contributed by atoms with Crippen molar-refractivity contribution in [2.75, 3.05) is 18.0 Å². The number of nitro benzene ring substituents is 2. The van der Waals surface area contributed by atoms with Gasteiger partial charge in [-0.05, 0) is 84.8 Å². The number of non-ortho nitro benzene ring substituents is 1. The maximum Gasteiger partial charge on any atom is 0.273 e. The van der Waals surface area contributed by atoms with Crippen LogP contribution < -0.4 is 19.2 Å². The number of nitro groups is 2. The van der Waals surface area contributed by atoms with Crippen molar-refractivity contribution >= 4 is 39.2 Å². The van der Waals surface area contributed by atoms with Crippen molar-refractivity contribution in [1.29, 1.82) is 0 Å². The fourth-order valence-electron chi connectivity index (χ4n) is 4.01. The Balaban J connectivity index is 1.43. The number of methoxy groups -OCH3 is 1. The molecule has 0 radical (unpaired) electrons. The van der Waals surface area contributed by atoms with Gasteiger partial charge in [-0.15, -0.1) is 0 Å². The van der Waals surface area contributed by atoms with Crippen LogP contribution in [0.5, 0.6) is 11.5 Å². The van der Waals surface area contributed by atoms with E-state index in [0.717, 1.165) is 15.9 Å². The van der Waals surface area contributed by atoms with Crippen molar-refractivity contribution in [3.05, 3.63) is 128 Å². The average Bonchev–Trinajstić information content (AvgIpc) is 3.03. The van der Waals surface area contributed by atoms with Gasteiger partial charge in [0.05, 0.1) is 33.8 Å². The highest BCUT2D eigenvalue weighted by molar-refractivity contribution is 7.92. The first-order valence-electron chi connectivity index (χ1n) is 13.2. The molecule has 0 heterocycles. The smallest absolute Gasteiger partial charge is 0.273 e. The number of sulfonamides is 1. The second kappa shape index (κ2) is 14.1. The van der Waals surface area contributed by atoms with E-state index in [2.05, 4.69) is 10.5 Å². The molecule has 1 amide bonds. The lowest BCUT2D eigenvalue weighted by Gasteiger charge is -2.24. The number of hydrogen-bond donors (Lipinski definition) is 1. The van der Waals surface area contributed by atoms with Crippen molar-refractivity contribution in [3.8, 4) is 11.5 Å². The zero-order valence-electron chi connectivity index (χ0n) is 24.0. The predicted molar refractivity (Wildman–Crippen MR) is 165 cm³/mol. The van der Waals surface area contributed by atoms with Gasteiger partial charge in [0, 0.05) is 23.8 Å². The fourth-order valence-corrected chi connectivity index (χ4v) is 5.45. The highest BCUT2D eigenvalue weighted by Crippen LogP contribution is 2.29. The number of carbonyl (C=O) groups excluding carboxylic acids is 1. The molecule has 1 N–H and O–H groups in total. The minimum Gasteiger partial charge on any atom is -0.497 e. The van der Waals surface area contributed by atoms with Gasteiger partial charge in [0.2, 0.25) is 0 Å². The highest BCUT2D eigenvalue weighted by Gasteiger charge is 2.29. The Kier molecular flexibility index (Phi) is 10.1. The van der Waals surface area contributed by atoms with Gasteiger partial charge in [0.15, 0.2) is 0 Å². The van der Waals surface area contributed by atoms with Gasteiger partial charge in [-0.3, -0.25) is 29.3 Å². The van der Waals surface area contributed by atoms with Gasteiger partial charge in [0.25, 0.3) is 27.3 Å². The molecule has 4 rings (SSSR count). The largest absolute Gasteiger partial charge is 0.497 e. The molecule has 0 aliphatic carbocycles. The van der Waals surface area contributed by atoms with E-state index in [-0.39, 0.29) is 34.1 Å². The predicted octanol–water partition coefficient (Wildman–Crippen LogP) is 4.74. The van der Waals surface area contributed by atoms with Crippen molar-refractivity contribution in [1.82, 2.24) is 5.43 Å². The zero-order chi connectivity index (χ0) is 32.6. The Bertz CT molecular complexity index is 1830. The van der Waals surface area contributed by atoms with E-state index >= 15 is 0 Å². The van der Waals surface area contributed by atoms with Gasteiger partial charge in [0.1, 0.15) is 24.7 Å². The molecule has 232 valence electrons. The number of aryl methyl sites for hydroxylation is 1. The number of benzene rings is 4. The van der Waals surface area contributed by atoms with Crippen LogP contribution in [0.15, 0.2) is 101 Å². The molecule has 0 aromatic heterocycles. The van der Waals surface area contributed by atoms with Crippen LogP contribution in [0, 0.1) is 27.2 Å². The zero-order valence-corrected chi connectivity index (χ0v) is 24.8. The SMILES string of the molecule is COc1ccc(N(CC(=O)N/N=C\c2ccc(OCc3ccc([N+](=O)[O-])cc3)cc2)S(=O)(=O)c2ccc(C)c([N+](=O)[O-])c2)cc1. The number of nitrogens with zero attached hydrogens (tertiary/aromatic N) is 4. The molecular weight excluding hydrogens is 606 g/mol. The normalized spacial score (nSPS) is 11.2. The van der Waals surface area contributed by atoms with E-state index in [1.54, 1.807) is 36.4 Å². The number of ether oxygens (including phenoxy) is 2. The van der Waals surface area contributed by atoms with Gasteiger partial charge in [-0.2, -0.15) is 5.10 Å². The van der Waals surface area contributed by atoms with Gasteiger partial charge < -0.3 is 9.47 Å². The number of hydrazone groups is 1. The lowest BCUT2D eigenvalue weighted by molar-refractivity contribution is -0.385. The molecule has 0 spiro atoms. The summed E-state index contributed by atoms with van der Waals surface area (Å²) in [6.07, 6.45) is 1.35. The maximum atomic E-state index is 13.6. The molecule has 15 heteroatoms. The Morgan fingerprint density at radius 1 is 0.911 bits per heavy atom. The molecular formula is C30H27N5O9S. The molecule has 0 fully saturated rings. The summed E-state index contributed by atoms with van der Waals surface area (Å²) in [7, 11) is -2.98. The third-order valence-electron chi connectivity index (χ3n) is 6.45. The first-order chi connectivity index (χ1) is 21.5. The minimum absolute atomic E-state index is 0.0119. The molecule has 14 nitrogen and oxygen atoms in total. The summed E-state index contributed by atoms with van der Waals surface area (Å²) in [5.41, 5.74) is 3.68. The summed E-state index contributed by atoms with van der Waals surface area (Å²) in [4.78, 5) is 33.6. The molecule has 0 bridgehead atoms. The second-order valence-electron chi connectivity index (χ2n) is 9.49. The molecule has 45 heavy (non-hydrogen) atoms. The van der Waals surface area contributed by atoms with E-state index in [9.17, 15) is 33.4 Å². The van der Waals surface area contributed by atoms with Crippen LogP contribution in [0.4, 0.5) is 17.1 Å². The number of carbonyl (C=O) groups is 1. The molecule has 0 saturated carbocycles. The summed E-state index contributed by atoms with van der Waals surface area (Å²) in [6.45, 7) is 1.01. The molecule has 0 aliphatic rings. The summed E-state index contributed by atoms with van der Waals surface area (Å²) in [5.74, 6) is 0.223. The first-order valence-corrected chi connectivity index (χ1v) is 14.6. The summed E-state index contributed by atoms with van der Waals surface area (Å²) < 4.78 is 38.9. The molecule has 0 unspecified atom stereocenters. The standard InChI is InChI=1S/C30H27N5O9S/c1-21-3-16-28(17-29(21)35(39)40)45(41,42)33(24-10-14-26(43-2)15-11-24)19-30(36)32-31-18-22-6-12-27(13-7-22)44-20-23-4-8-25(9-5-23)34(37)38/h3-18H,19-20H2,1-2H3,(H,32,36)/b31-18-. The first kappa shape index (κ1) is 32.1. The topological polar surface area (TPSA) is 184 Å². The van der Waals surface area contributed by atoms with Gasteiger partial charge in [-0.1, -0.05) is 6.07 Å². The van der Waals surface area contributed by atoms with Crippen LogP contribution >= 0.6 is 0 Å². The van der Waals surface area contributed by atoms with E-state index in [4.69, 9.17) is 9.47 Å². The fraction of sp³-hybridized carbons (Fsp3) is 0.133. The van der Waals surface area contributed by atoms with Crippen LogP contribution in [0.25, 0.3) is 0 Å². The highest BCUT2D eigenvalue weighted by atomic mass is 32.2. The van der Waals surface area contributed by atoms with Crippen molar-refractivity contribution in [2.45, 2.75) is 18.4 Å². The number of amides is 1. The monoisotopic (exact) mass is 633 g/mol. The van der Waals surface area contributed by atoms with Crippen molar-refractivity contribution < 1.29 is 32.5 Å². The van der Waals surface area contributed by atoms with Gasteiger partial charge in [-0.25, -0.2) is 13.8 Å². The molecule has 4 aromatic carbocycles. The summed E-state index contributed by atoms with van der Waals surface area (Å²) in [5, 5.41) is 26.1. The van der Waals surface area contributed by atoms with E-state index < -0.39 is 32.3 Å². The third kappa shape index (κ3) is 8.17.